The van der Waals surface area contributed by atoms with Gasteiger partial charge in [-0.25, -0.2) is 10.9 Å². The molecule has 0 aromatic carbocycles. The highest BCUT2D eigenvalue weighted by Crippen LogP contribution is 2.01. The lowest BCUT2D eigenvalue weighted by Gasteiger charge is -2.29. The highest BCUT2D eigenvalue weighted by atomic mass is 16.2. The first-order valence-electron chi connectivity index (χ1n) is 4.19. The Morgan fingerprint density at radius 3 is 2.23 bits per heavy atom. The molecule has 2 N–H and O–H groups in total. The van der Waals surface area contributed by atoms with E-state index in [9.17, 15) is 4.79 Å². The van der Waals surface area contributed by atoms with Crippen LogP contribution in [0.5, 0.6) is 0 Å². The molecule has 76 valence electrons. The third-order valence-electron chi connectivity index (χ3n) is 1.76. The number of hydrogen-bond donors (Lipinski definition) is 2. The summed E-state index contributed by atoms with van der Waals surface area (Å²) in [4.78, 5) is 11.6. The maximum Gasteiger partial charge on any atom is 0.279 e. The zero-order chi connectivity index (χ0) is 10.4. The first-order chi connectivity index (χ1) is 6.08. The Morgan fingerprint density at radius 1 is 1.38 bits per heavy atom. The van der Waals surface area contributed by atoms with Crippen molar-refractivity contribution in [2.75, 3.05) is 21.1 Å². The van der Waals surface area contributed by atoms with Gasteiger partial charge in [0.15, 0.2) is 0 Å². The summed E-state index contributed by atoms with van der Waals surface area (Å²) in [6, 6.07) is 0. The molecule has 0 atom stereocenters. The molecule has 13 heavy (non-hydrogen) atoms. The third-order valence-corrected chi connectivity index (χ3v) is 1.76. The minimum atomic E-state index is -0.137. The predicted octanol–water partition coefficient (Wildman–Crippen LogP) is -0.103. The number of nitrogens with zero attached hydrogens (tertiary/aromatic N) is 2. The number of carbonyl (C=O) groups excluding carboxylic acids is 1. The van der Waals surface area contributed by atoms with Gasteiger partial charge in [0.05, 0.1) is 0 Å². The minimum Gasteiger partial charge on any atom is -0.266 e. The van der Waals surface area contributed by atoms with E-state index in [1.54, 1.807) is 26.3 Å². The van der Waals surface area contributed by atoms with Crippen LogP contribution in [-0.2, 0) is 4.79 Å². The van der Waals surface area contributed by atoms with Crippen molar-refractivity contribution < 1.29 is 4.79 Å². The molecule has 0 rings (SSSR count). The standard InChI is InChI=1S/C8H18N4O/c1-6-7(2)8(13)12(10-4)11(5)9-3/h9-10H,2,6H2,1,3-5H3. The van der Waals surface area contributed by atoms with Crippen molar-refractivity contribution in [3.05, 3.63) is 12.2 Å². The van der Waals surface area contributed by atoms with Crippen molar-refractivity contribution in [2.45, 2.75) is 13.3 Å². The molecule has 0 aliphatic carbocycles. The van der Waals surface area contributed by atoms with Gasteiger partial charge in [-0.2, -0.15) is 5.12 Å². The Kier molecular flexibility index (Phi) is 5.29. The van der Waals surface area contributed by atoms with Gasteiger partial charge in [0.1, 0.15) is 0 Å². The van der Waals surface area contributed by atoms with E-state index in [2.05, 4.69) is 17.4 Å². The normalized spacial score (nSPS) is 10.2. The van der Waals surface area contributed by atoms with Gasteiger partial charge in [0, 0.05) is 26.7 Å². The highest BCUT2D eigenvalue weighted by molar-refractivity contribution is 5.91. The molecule has 5 nitrogen and oxygen atoms in total. The Balaban J connectivity index is 4.40. The van der Waals surface area contributed by atoms with E-state index in [4.69, 9.17) is 0 Å². The van der Waals surface area contributed by atoms with Gasteiger partial charge in [-0.05, 0) is 6.42 Å². The van der Waals surface area contributed by atoms with Crippen molar-refractivity contribution >= 4 is 5.91 Å². The third kappa shape index (κ3) is 3.14. The molecule has 0 fully saturated rings. The van der Waals surface area contributed by atoms with Crippen molar-refractivity contribution in [3.63, 3.8) is 0 Å². The molecule has 0 aromatic rings. The van der Waals surface area contributed by atoms with Crippen LogP contribution in [0.1, 0.15) is 13.3 Å². The number of amides is 1. The van der Waals surface area contributed by atoms with E-state index in [0.29, 0.717) is 12.0 Å². The molecule has 0 radical (unpaired) electrons. The second-order valence-electron chi connectivity index (χ2n) is 2.54. The smallest absolute Gasteiger partial charge is 0.266 e. The Labute approximate surface area is 79.3 Å². The summed E-state index contributed by atoms with van der Waals surface area (Å²) in [5.74, 6) is -0.137. The van der Waals surface area contributed by atoms with Crippen LogP contribution in [0.4, 0.5) is 0 Å². The van der Waals surface area contributed by atoms with Crippen molar-refractivity contribution in [1.29, 1.82) is 0 Å². The molecule has 0 unspecified atom stereocenters. The fraction of sp³-hybridized carbons (Fsp3) is 0.625. The van der Waals surface area contributed by atoms with E-state index >= 15 is 0 Å². The molecule has 0 bridgehead atoms. The fourth-order valence-electron chi connectivity index (χ4n) is 0.789. The summed E-state index contributed by atoms with van der Waals surface area (Å²) in [6.45, 7) is 5.57. The second-order valence-corrected chi connectivity index (χ2v) is 2.54. The number of hydrazine groups is 3. The average molecular weight is 186 g/mol. The monoisotopic (exact) mass is 186 g/mol. The lowest BCUT2D eigenvalue weighted by atomic mass is 10.2. The van der Waals surface area contributed by atoms with E-state index in [1.807, 2.05) is 6.92 Å². The lowest BCUT2D eigenvalue weighted by molar-refractivity contribution is -0.155. The molecule has 0 heterocycles. The van der Waals surface area contributed by atoms with Gasteiger partial charge in [-0.15, -0.1) is 5.12 Å². The molecule has 0 saturated heterocycles. The Bertz CT molecular complexity index is 193. The Hall–Kier alpha value is -0.910. The van der Waals surface area contributed by atoms with E-state index in [1.165, 1.54) is 5.12 Å². The lowest BCUT2D eigenvalue weighted by Crippen LogP contribution is -2.55. The van der Waals surface area contributed by atoms with Crippen LogP contribution in [0.2, 0.25) is 0 Å². The zero-order valence-corrected chi connectivity index (χ0v) is 8.72. The summed E-state index contributed by atoms with van der Waals surface area (Å²) in [5.41, 5.74) is 6.13. The van der Waals surface area contributed by atoms with Gasteiger partial charge in [0.2, 0.25) is 0 Å². The maximum atomic E-state index is 11.6. The van der Waals surface area contributed by atoms with Crippen molar-refractivity contribution in [1.82, 2.24) is 21.1 Å². The summed E-state index contributed by atoms with van der Waals surface area (Å²) < 4.78 is 0. The quantitative estimate of drug-likeness (QED) is 0.465. The minimum absolute atomic E-state index is 0.137. The van der Waals surface area contributed by atoms with Crippen LogP contribution in [0, 0.1) is 0 Å². The van der Waals surface area contributed by atoms with Crippen LogP contribution in [0.15, 0.2) is 12.2 Å². The topological polar surface area (TPSA) is 47.6 Å². The summed E-state index contributed by atoms with van der Waals surface area (Å²) in [5, 5.41) is 2.90. The summed E-state index contributed by atoms with van der Waals surface area (Å²) in [7, 11) is 5.14. The van der Waals surface area contributed by atoms with Crippen molar-refractivity contribution in [3.8, 4) is 0 Å². The highest BCUT2D eigenvalue weighted by Gasteiger charge is 2.17. The zero-order valence-electron chi connectivity index (χ0n) is 8.72. The molecule has 0 spiro atoms. The fourth-order valence-corrected chi connectivity index (χ4v) is 0.789. The average Bonchev–Trinajstić information content (AvgIpc) is 2.17. The van der Waals surface area contributed by atoms with Gasteiger partial charge in [-0.1, -0.05) is 13.5 Å². The SMILES string of the molecule is C=C(CC)C(=O)N(NC)N(C)NC. The first kappa shape index (κ1) is 12.1. The number of hydrogen-bond acceptors (Lipinski definition) is 4. The molecule has 0 aliphatic heterocycles. The molecular weight excluding hydrogens is 168 g/mol. The molecule has 0 aromatic heterocycles. The molecule has 0 saturated carbocycles. The largest absolute Gasteiger partial charge is 0.279 e. The summed E-state index contributed by atoms with van der Waals surface area (Å²) in [6.07, 6.45) is 0.647. The van der Waals surface area contributed by atoms with Gasteiger partial charge in [0.25, 0.3) is 5.91 Å². The molecule has 1 amide bonds. The van der Waals surface area contributed by atoms with E-state index in [-0.39, 0.29) is 5.91 Å². The van der Waals surface area contributed by atoms with Crippen LogP contribution < -0.4 is 10.9 Å². The first-order valence-corrected chi connectivity index (χ1v) is 4.19. The molecule has 5 heteroatoms. The summed E-state index contributed by atoms with van der Waals surface area (Å²) >= 11 is 0. The maximum absolute atomic E-state index is 11.6. The number of rotatable bonds is 5. The second kappa shape index (κ2) is 5.69. The predicted molar refractivity (Wildman–Crippen MR) is 52.2 cm³/mol. The van der Waals surface area contributed by atoms with Crippen LogP contribution in [0.25, 0.3) is 0 Å². The number of nitrogens with one attached hydrogen (secondary N) is 2. The van der Waals surface area contributed by atoms with Gasteiger partial charge in [-0.3, -0.25) is 4.79 Å². The molecular formula is C8H18N4O. The van der Waals surface area contributed by atoms with Crippen LogP contribution in [-0.4, -0.2) is 37.3 Å². The van der Waals surface area contributed by atoms with Crippen LogP contribution in [0.3, 0.4) is 0 Å². The van der Waals surface area contributed by atoms with E-state index in [0.717, 1.165) is 0 Å². The number of carbonyl (C=O) groups is 1. The van der Waals surface area contributed by atoms with Gasteiger partial charge >= 0.3 is 0 Å². The van der Waals surface area contributed by atoms with Crippen molar-refractivity contribution in [2.24, 2.45) is 0 Å². The van der Waals surface area contributed by atoms with Crippen LogP contribution >= 0.6 is 0 Å². The Morgan fingerprint density at radius 2 is 1.92 bits per heavy atom. The molecule has 0 aliphatic rings. The van der Waals surface area contributed by atoms with Gasteiger partial charge < -0.3 is 0 Å². The van der Waals surface area contributed by atoms with E-state index < -0.39 is 0 Å².